The van der Waals surface area contributed by atoms with Crippen LogP contribution in [0.5, 0.6) is 0 Å². The van der Waals surface area contributed by atoms with Crippen molar-refractivity contribution < 1.29 is 28.6 Å². The molecule has 0 bridgehead atoms. The molecule has 0 aliphatic heterocycles. The second-order valence-corrected chi connectivity index (χ2v) is 23.1. The third-order valence-corrected chi connectivity index (χ3v) is 15.4. The molecular weight excluding hydrogens is 925 g/mol. The number of ether oxygens (including phenoxy) is 3. The van der Waals surface area contributed by atoms with Gasteiger partial charge in [0.1, 0.15) is 13.2 Å². The van der Waals surface area contributed by atoms with Gasteiger partial charge in [0, 0.05) is 19.3 Å². The average Bonchev–Trinajstić information content (AvgIpc) is 3.41. The van der Waals surface area contributed by atoms with Gasteiger partial charge in [0.15, 0.2) is 6.10 Å². The molecule has 0 heterocycles. The van der Waals surface area contributed by atoms with Crippen molar-refractivity contribution >= 4 is 17.9 Å². The van der Waals surface area contributed by atoms with Crippen molar-refractivity contribution in [3.8, 4) is 0 Å². The molecule has 0 saturated carbocycles. The molecule has 0 aromatic carbocycles. The third kappa shape index (κ3) is 62.6. The highest BCUT2D eigenvalue weighted by atomic mass is 16.6. The zero-order valence-corrected chi connectivity index (χ0v) is 50.8. The molecule has 0 aromatic rings. The smallest absolute Gasteiger partial charge is 0.306 e. The van der Waals surface area contributed by atoms with Crippen molar-refractivity contribution in [2.45, 2.75) is 386 Å². The van der Waals surface area contributed by atoms with Gasteiger partial charge in [0.2, 0.25) is 0 Å². The zero-order valence-electron chi connectivity index (χ0n) is 50.8. The lowest BCUT2D eigenvalue weighted by Gasteiger charge is -2.18. The highest BCUT2D eigenvalue weighted by Crippen LogP contribution is 2.19. The average molecular weight is 1060 g/mol. The Balaban J connectivity index is 3.91. The van der Waals surface area contributed by atoms with Crippen LogP contribution in [0.1, 0.15) is 380 Å². The number of carbonyl (C=O) groups excluding carboxylic acids is 3. The summed E-state index contributed by atoms with van der Waals surface area (Å²) in [6.45, 7) is 6.60. The number of rotatable bonds is 63. The number of unbranched alkanes of at least 4 members (excludes halogenated alkanes) is 48. The van der Waals surface area contributed by atoms with E-state index in [1.54, 1.807) is 0 Å². The van der Waals surface area contributed by atoms with Crippen LogP contribution in [0, 0.1) is 0 Å². The summed E-state index contributed by atoms with van der Waals surface area (Å²) >= 11 is 0. The summed E-state index contributed by atoms with van der Waals surface area (Å²) in [6.07, 6.45) is 78.2. The maximum atomic E-state index is 12.8. The first-order chi connectivity index (χ1) is 37.0. The van der Waals surface area contributed by atoms with Gasteiger partial charge >= 0.3 is 17.9 Å². The van der Waals surface area contributed by atoms with Gasteiger partial charge < -0.3 is 14.2 Å². The van der Waals surface area contributed by atoms with E-state index in [0.717, 1.165) is 89.9 Å². The van der Waals surface area contributed by atoms with Gasteiger partial charge in [-0.2, -0.15) is 0 Å². The fourth-order valence-electron chi connectivity index (χ4n) is 10.4. The summed E-state index contributed by atoms with van der Waals surface area (Å²) in [5.74, 6) is -0.868. The Morgan fingerprint density at radius 3 is 0.787 bits per heavy atom. The lowest BCUT2D eigenvalue weighted by molar-refractivity contribution is -0.167. The maximum Gasteiger partial charge on any atom is 0.306 e. The number of hydrogen-bond acceptors (Lipinski definition) is 6. The predicted octanol–water partition coefficient (Wildman–Crippen LogP) is 23.0. The van der Waals surface area contributed by atoms with E-state index in [1.165, 1.54) is 250 Å². The van der Waals surface area contributed by atoms with E-state index in [2.05, 4.69) is 45.1 Å². The van der Waals surface area contributed by atoms with Gasteiger partial charge in [-0.1, -0.05) is 340 Å². The number of carbonyl (C=O) groups is 3. The minimum atomic E-state index is -0.773. The van der Waals surface area contributed by atoms with Crippen LogP contribution < -0.4 is 0 Å². The van der Waals surface area contributed by atoms with Crippen molar-refractivity contribution in [3.05, 3.63) is 24.3 Å². The van der Waals surface area contributed by atoms with Crippen LogP contribution >= 0.6 is 0 Å². The summed E-state index contributed by atoms with van der Waals surface area (Å²) in [5.41, 5.74) is 0. The lowest BCUT2D eigenvalue weighted by atomic mass is 10.0. The van der Waals surface area contributed by atoms with Crippen molar-refractivity contribution in [2.24, 2.45) is 0 Å². The van der Waals surface area contributed by atoms with Crippen LogP contribution in [0.2, 0.25) is 0 Å². The molecule has 0 fully saturated rings. The minimum absolute atomic E-state index is 0.0719. The topological polar surface area (TPSA) is 78.9 Å². The molecule has 0 spiro atoms. The summed E-state index contributed by atoms with van der Waals surface area (Å²) in [7, 11) is 0. The summed E-state index contributed by atoms with van der Waals surface area (Å²) in [5, 5.41) is 0. The van der Waals surface area contributed by atoms with Crippen LogP contribution in [0.4, 0.5) is 0 Å². The fraction of sp³-hybridized carbons (Fsp3) is 0.899. The van der Waals surface area contributed by atoms with Gasteiger partial charge in [-0.05, 0) is 44.9 Å². The molecule has 0 saturated heterocycles. The molecule has 442 valence electrons. The van der Waals surface area contributed by atoms with Crippen LogP contribution in [0.15, 0.2) is 24.3 Å². The first-order valence-electron chi connectivity index (χ1n) is 33.8. The molecule has 0 N–H and O–H groups in total. The molecule has 0 radical (unpaired) electrons. The van der Waals surface area contributed by atoms with Crippen LogP contribution in [-0.4, -0.2) is 37.2 Å². The Morgan fingerprint density at radius 2 is 0.507 bits per heavy atom. The summed E-state index contributed by atoms with van der Waals surface area (Å²) in [4.78, 5) is 38.1. The highest BCUT2D eigenvalue weighted by molar-refractivity contribution is 5.71. The van der Waals surface area contributed by atoms with Crippen LogP contribution in [0.3, 0.4) is 0 Å². The second kappa shape index (κ2) is 64.4. The molecule has 0 amide bonds. The third-order valence-electron chi connectivity index (χ3n) is 15.4. The Morgan fingerprint density at radius 1 is 0.267 bits per heavy atom. The zero-order chi connectivity index (χ0) is 54.3. The first kappa shape index (κ1) is 72.9. The van der Waals surface area contributed by atoms with Crippen molar-refractivity contribution in [2.75, 3.05) is 13.2 Å². The number of allylic oxidation sites excluding steroid dienone is 4. The highest BCUT2D eigenvalue weighted by Gasteiger charge is 2.19. The quantitative estimate of drug-likeness (QED) is 0.0261. The van der Waals surface area contributed by atoms with Crippen molar-refractivity contribution in [3.63, 3.8) is 0 Å². The van der Waals surface area contributed by atoms with E-state index in [-0.39, 0.29) is 31.1 Å². The molecule has 75 heavy (non-hydrogen) atoms. The van der Waals surface area contributed by atoms with Gasteiger partial charge in [-0.15, -0.1) is 0 Å². The Kier molecular flexibility index (Phi) is 62.6. The van der Waals surface area contributed by atoms with E-state index < -0.39 is 6.10 Å². The molecule has 0 aliphatic carbocycles. The van der Waals surface area contributed by atoms with Gasteiger partial charge in [-0.3, -0.25) is 14.4 Å². The second-order valence-electron chi connectivity index (χ2n) is 23.1. The van der Waals surface area contributed by atoms with Gasteiger partial charge in [0.05, 0.1) is 0 Å². The van der Waals surface area contributed by atoms with E-state index in [4.69, 9.17) is 14.2 Å². The van der Waals surface area contributed by atoms with E-state index >= 15 is 0 Å². The molecule has 0 aliphatic rings. The monoisotopic (exact) mass is 1050 g/mol. The number of esters is 3. The Labute approximate surface area is 468 Å². The lowest BCUT2D eigenvalue weighted by Crippen LogP contribution is -2.30. The standard InChI is InChI=1S/C69H130O6/c1-4-7-10-13-16-19-21-23-24-25-26-27-28-29-30-31-32-33-34-35-36-37-38-39-40-41-42-43-44-46-47-50-53-56-59-62-68(71)74-65-66(64-73-67(70)61-58-55-52-49-18-15-12-9-6-3)75-69(72)63-60-57-54-51-48-45-22-20-17-14-11-8-5-2/h11,14,20,22,66H,4-10,12-13,15-19,21,23-65H2,1-3H3/b14-11-,22-20-. The summed E-state index contributed by atoms with van der Waals surface area (Å²) in [6, 6.07) is 0. The van der Waals surface area contributed by atoms with Crippen LogP contribution in [-0.2, 0) is 28.6 Å². The summed E-state index contributed by atoms with van der Waals surface area (Å²) < 4.78 is 16.8. The fourth-order valence-corrected chi connectivity index (χ4v) is 10.4. The van der Waals surface area contributed by atoms with E-state index in [9.17, 15) is 14.4 Å². The van der Waals surface area contributed by atoms with Gasteiger partial charge in [-0.25, -0.2) is 0 Å². The molecule has 1 unspecified atom stereocenters. The molecular formula is C69H130O6. The normalized spacial score (nSPS) is 12.1. The molecule has 6 heteroatoms. The van der Waals surface area contributed by atoms with Crippen molar-refractivity contribution in [1.29, 1.82) is 0 Å². The van der Waals surface area contributed by atoms with Gasteiger partial charge in [0.25, 0.3) is 0 Å². The first-order valence-corrected chi connectivity index (χ1v) is 33.8. The molecule has 1 atom stereocenters. The van der Waals surface area contributed by atoms with Crippen LogP contribution in [0.25, 0.3) is 0 Å². The van der Waals surface area contributed by atoms with Crippen molar-refractivity contribution in [1.82, 2.24) is 0 Å². The molecule has 0 aromatic heterocycles. The Hall–Kier alpha value is -2.11. The van der Waals surface area contributed by atoms with E-state index in [1.807, 2.05) is 0 Å². The Bertz CT molecular complexity index is 1210. The molecule has 6 nitrogen and oxygen atoms in total. The largest absolute Gasteiger partial charge is 0.462 e. The van der Waals surface area contributed by atoms with E-state index in [0.29, 0.717) is 19.3 Å². The predicted molar refractivity (Wildman–Crippen MR) is 326 cm³/mol. The minimum Gasteiger partial charge on any atom is -0.462 e. The SMILES string of the molecule is CCC/C=C\C/C=C\CCCCCCCC(=O)OC(COC(=O)CCCCCCCCCCC)COC(=O)CCCCCCCCCCCCCCCCCCCCCCCCCCCCCCCCCCCCC. The maximum absolute atomic E-state index is 12.8. The number of hydrogen-bond donors (Lipinski definition) is 0. The molecule has 0 rings (SSSR count).